The van der Waals surface area contributed by atoms with Crippen molar-refractivity contribution >= 4 is 28.5 Å². The Morgan fingerprint density at radius 3 is 2.72 bits per heavy atom. The number of carbonyl (C=O) groups excluding carboxylic acids is 1. The number of rotatable bonds is 3. The van der Waals surface area contributed by atoms with Gasteiger partial charge >= 0.3 is 0 Å². The average Bonchev–Trinajstić information content (AvgIpc) is 3.25. The van der Waals surface area contributed by atoms with Crippen LogP contribution in [0, 0.1) is 5.92 Å². The molecule has 0 spiro atoms. The molecule has 4 nitrogen and oxygen atoms in total. The Hall–Kier alpha value is -2.30. The third kappa shape index (κ3) is 3.03. The molecule has 2 aromatic carbocycles. The molecule has 0 aliphatic carbocycles. The maximum absolute atomic E-state index is 12.9. The number of halogens is 1. The van der Waals surface area contributed by atoms with Gasteiger partial charge in [0.15, 0.2) is 5.76 Å². The quantitative estimate of drug-likeness (QED) is 0.776. The summed E-state index contributed by atoms with van der Waals surface area (Å²) in [5, 5.41) is 1.46. The predicted octanol–water partition coefficient (Wildman–Crippen LogP) is 3.90. The van der Waals surface area contributed by atoms with Gasteiger partial charge in [0.05, 0.1) is 0 Å². The van der Waals surface area contributed by atoms with Crippen LogP contribution in [0.25, 0.3) is 11.0 Å². The minimum absolute atomic E-state index is 0.0933. The van der Waals surface area contributed by atoms with Gasteiger partial charge in [-0.1, -0.05) is 41.9 Å². The highest BCUT2D eigenvalue weighted by molar-refractivity contribution is 6.31. The van der Waals surface area contributed by atoms with Gasteiger partial charge in [0.25, 0.3) is 5.91 Å². The fraction of sp³-hybridized carbons (Fsp3) is 0.250. The molecule has 0 unspecified atom stereocenters. The molecule has 3 aromatic rings. The van der Waals surface area contributed by atoms with E-state index in [0.29, 0.717) is 36.0 Å². The van der Waals surface area contributed by atoms with Crippen LogP contribution in [0.1, 0.15) is 22.0 Å². The lowest BCUT2D eigenvalue weighted by atomic mass is 9.89. The van der Waals surface area contributed by atoms with E-state index in [1.54, 1.807) is 24.3 Å². The van der Waals surface area contributed by atoms with Crippen molar-refractivity contribution in [2.45, 2.75) is 5.92 Å². The van der Waals surface area contributed by atoms with Crippen molar-refractivity contribution in [2.75, 3.05) is 19.6 Å². The smallest absolute Gasteiger partial charge is 0.289 e. The summed E-state index contributed by atoms with van der Waals surface area (Å²) >= 11 is 6.01. The molecular weight excluding hydrogens is 336 g/mol. The van der Waals surface area contributed by atoms with Gasteiger partial charge in [0.2, 0.25) is 0 Å². The number of benzene rings is 2. The molecule has 5 heteroatoms. The second-order valence-electron chi connectivity index (χ2n) is 6.52. The zero-order valence-corrected chi connectivity index (χ0v) is 14.4. The zero-order valence-electron chi connectivity index (χ0n) is 13.7. The largest absolute Gasteiger partial charge is 0.451 e. The molecule has 2 heterocycles. The molecule has 2 atom stereocenters. The van der Waals surface area contributed by atoms with Gasteiger partial charge in [-0.05, 0) is 42.3 Å². The number of furan rings is 1. The van der Waals surface area contributed by atoms with Crippen LogP contribution in [0.2, 0.25) is 5.02 Å². The SMILES string of the molecule is NC[C@@H]1CN(C(=O)c2cc3cc(Cl)ccc3o2)C[C@H]1c1ccccc1. The Kier molecular flexibility index (Phi) is 4.24. The molecule has 4 rings (SSSR count). The number of nitrogens with zero attached hydrogens (tertiary/aromatic N) is 1. The number of likely N-dealkylation sites (tertiary alicyclic amines) is 1. The Morgan fingerprint density at radius 1 is 1.16 bits per heavy atom. The van der Waals surface area contributed by atoms with Crippen LogP contribution in [-0.2, 0) is 0 Å². The van der Waals surface area contributed by atoms with Crippen molar-refractivity contribution in [2.24, 2.45) is 11.7 Å². The molecule has 1 aliphatic heterocycles. The third-order valence-corrected chi connectivity index (χ3v) is 5.18. The Labute approximate surface area is 151 Å². The van der Waals surface area contributed by atoms with E-state index in [9.17, 15) is 4.79 Å². The number of hydrogen-bond donors (Lipinski definition) is 1. The first kappa shape index (κ1) is 16.2. The average molecular weight is 355 g/mol. The van der Waals surface area contributed by atoms with E-state index in [1.807, 2.05) is 23.1 Å². The van der Waals surface area contributed by atoms with Crippen LogP contribution in [0.4, 0.5) is 0 Å². The summed E-state index contributed by atoms with van der Waals surface area (Å²) in [5.74, 6) is 0.769. The van der Waals surface area contributed by atoms with Crippen LogP contribution in [-0.4, -0.2) is 30.4 Å². The maximum atomic E-state index is 12.9. The van der Waals surface area contributed by atoms with Crippen molar-refractivity contribution in [1.82, 2.24) is 4.90 Å². The molecule has 1 aliphatic rings. The van der Waals surface area contributed by atoms with E-state index < -0.39 is 0 Å². The Bertz CT molecular complexity index is 906. The number of fused-ring (bicyclic) bond motifs is 1. The highest BCUT2D eigenvalue weighted by Crippen LogP contribution is 2.33. The van der Waals surface area contributed by atoms with E-state index in [2.05, 4.69) is 12.1 Å². The lowest BCUT2D eigenvalue weighted by Crippen LogP contribution is -2.29. The molecule has 2 N–H and O–H groups in total. The molecule has 1 aromatic heterocycles. The highest BCUT2D eigenvalue weighted by atomic mass is 35.5. The van der Waals surface area contributed by atoms with Gasteiger partial charge in [0, 0.05) is 29.4 Å². The zero-order chi connectivity index (χ0) is 17.4. The predicted molar refractivity (Wildman–Crippen MR) is 98.9 cm³/mol. The molecule has 1 saturated heterocycles. The van der Waals surface area contributed by atoms with E-state index in [-0.39, 0.29) is 17.7 Å². The van der Waals surface area contributed by atoms with E-state index >= 15 is 0 Å². The summed E-state index contributed by atoms with van der Waals surface area (Å²) in [6, 6.07) is 17.4. The first-order valence-corrected chi connectivity index (χ1v) is 8.77. The van der Waals surface area contributed by atoms with Crippen LogP contribution >= 0.6 is 11.6 Å². The molecule has 128 valence electrons. The number of hydrogen-bond acceptors (Lipinski definition) is 3. The van der Waals surface area contributed by atoms with Crippen molar-refractivity contribution < 1.29 is 9.21 Å². The van der Waals surface area contributed by atoms with Crippen LogP contribution in [0.3, 0.4) is 0 Å². The van der Waals surface area contributed by atoms with Gasteiger partial charge in [0.1, 0.15) is 5.58 Å². The van der Waals surface area contributed by atoms with Crippen molar-refractivity contribution in [3.63, 3.8) is 0 Å². The number of carbonyl (C=O) groups is 1. The summed E-state index contributed by atoms with van der Waals surface area (Å²) in [7, 11) is 0. The topological polar surface area (TPSA) is 59.5 Å². The summed E-state index contributed by atoms with van der Waals surface area (Å²) in [4.78, 5) is 14.7. The Morgan fingerprint density at radius 2 is 1.96 bits per heavy atom. The summed E-state index contributed by atoms with van der Waals surface area (Å²) in [5.41, 5.74) is 7.86. The Balaban J connectivity index is 1.59. The van der Waals surface area contributed by atoms with Gasteiger partial charge in [-0.25, -0.2) is 0 Å². The standard InChI is InChI=1S/C20H19ClN2O2/c21-16-6-7-18-14(8-16)9-19(25-18)20(24)23-11-15(10-22)17(12-23)13-4-2-1-3-5-13/h1-9,15,17H,10-12,22H2/t15-,17+/m1/s1. The van der Waals surface area contributed by atoms with Crippen LogP contribution < -0.4 is 5.73 Å². The normalized spacial score (nSPS) is 20.3. The lowest BCUT2D eigenvalue weighted by Gasteiger charge is -2.16. The van der Waals surface area contributed by atoms with Gasteiger partial charge in [-0.15, -0.1) is 0 Å². The second kappa shape index (κ2) is 6.54. The number of nitrogens with two attached hydrogens (primary N) is 1. The fourth-order valence-corrected chi connectivity index (χ4v) is 3.81. The molecule has 0 bridgehead atoms. The number of amides is 1. The third-order valence-electron chi connectivity index (χ3n) is 4.95. The molecular formula is C20H19ClN2O2. The molecule has 0 radical (unpaired) electrons. The summed E-state index contributed by atoms with van der Waals surface area (Å²) in [6.07, 6.45) is 0. The minimum atomic E-state index is -0.0933. The first-order chi connectivity index (χ1) is 12.2. The molecule has 25 heavy (non-hydrogen) atoms. The van der Waals surface area contributed by atoms with E-state index in [0.717, 1.165) is 5.39 Å². The maximum Gasteiger partial charge on any atom is 0.289 e. The van der Waals surface area contributed by atoms with Crippen molar-refractivity contribution in [1.29, 1.82) is 0 Å². The molecule has 1 amide bonds. The van der Waals surface area contributed by atoms with Crippen molar-refractivity contribution in [3.8, 4) is 0 Å². The monoisotopic (exact) mass is 354 g/mol. The van der Waals surface area contributed by atoms with Crippen LogP contribution in [0.15, 0.2) is 59.0 Å². The summed E-state index contributed by atoms with van der Waals surface area (Å²) < 4.78 is 5.73. The van der Waals surface area contributed by atoms with Gasteiger partial charge in [-0.2, -0.15) is 0 Å². The van der Waals surface area contributed by atoms with Gasteiger partial charge < -0.3 is 15.1 Å². The minimum Gasteiger partial charge on any atom is -0.451 e. The molecule has 0 saturated carbocycles. The molecule has 1 fully saturated rings. The first-order valence-electron chi connectivity index (χ1n) is 8.39. The van der Waals surface area contributed by atoms with E-state index in [4.69, 9.17) is 21.8 Å². The lowest BCUT2D eigenvalue weighted by molar-refractivity contribution is 0.0757. The van der Waals surface area contributed by atoms with E-state index in [1.165, 1.54) is 5.56 Å². The second-order valence-corrected chi connectivity index (χ2v) is 6.95. The fourth-order valence-electron chi connectivity index (χ4n) is 3.63. The van der Waals surface area contributed by atoms with Gasteiger partial charge in [-0.3, -0.25) is 4.79 Å². The highest BCUT2D eigenvalue weighted by Gasteiger charge is 2.36. The summed E-state index contributed by atoms with van der Waals surface area (Å²) in [6.45, 7) is 1.86. The van der Waals surface area contributed by atoms with Crippen LogP contribution in [0.5, 0.6) is 0 Å². The van der Waals surface area contributed by atoms with Crippen molar-refractivity contribution in [3.05, 3.63) is 70.9 Å².